The number of hydrogen-bond acceptors (Lipinski definition) is 4. The van der Waals surface area contributed by atoms with Gasteiger partial charge in [-0.05, 0) is 19.3 Å². The summed E-state index contributed by atoms with van der Waals surface area (Å²) in [6.07, 6.45) is -16.0. The molecular formula is C10H10F8O5S. The maximum Gasteiger partial charge on any atom is 0.465 e. The van der Waals surface area contributed by atoms with Crippen molar-refractivity contribution in [3.8, 4) is 0 Å². The molecule has 0 aromatic carbocycles. The molecule has 1 saturated carbocycles. The van der Waals surface area contributed by atoms with Crippen LogP contribution in [-0.2, 0) is 19.6 Å². The summed E-state index contributed by atoms with van der Waals surface area (Å²) in [6.45, 7) is 0. The lowest BCUT2D eigenvalue weighted by atomic mass is 9.77. The van der Waals surface area contributed by atoms with Crippen molar-refractivity contribution in [1.29, 1.82) is 0 Å². The van der Waals surface area contributed by atoms with E-state index in [-0.39, 0.29) is 0 Å². The molecule has 3 unspecified atom stereocenters. The molecule has 0 heterocycles. The van der Waals surface area contributed by atoms with Gasteiger partial charge >= 0.3 is 33.7 Å². The molecule has 1 aliphatic rings. The molecule has 3 atom stereocenters. The largest absolute Gasteiger partial charge is 0.465 e. The third-order valence-corrected chi connectivity index (χ3v) is 4.29. The molecule has 0 saturated heterocycles. The second-order valence-corrected chi connectivity index (χ2v) is 6.59. The predicted molar refractivity (Wildman–Crippen MR) is 59.3 cm³/mol. The predicted octanol–water partition coefficient (Wildman–Crippen LogP) is 2.92. The molecule has 1 N–H and O–H groups in total. The quantitative estimate of drug-likeness (QED) is 0.452. The monoisotopic (exact) mass is 394 g/mol. The summed E-state index contributed by atoms with van der Waals surface area (Å²) in [6, 6.07) is 0. The van der Waals surface area contributed by atoms with Gasteiger partial charge < -0.3 is 4.74 Å². The van der Waals surface area contributed by atoms with Gasteiger partial charge in [0, 0.05) is 0 Å². The Kier molecular flexibility index (Phi) is 5.46. The maximum atomic E-state index is 13.0. The standard InChI is InChI=1S/C10H10F8O5S/c11-8(12,13)5-2-1-4(3-6(5)9(14,15)16)23-7(19)10(17,18)24(20,21)22/h4-6H,1-3H2,(H,20,21,22). The highest BCUT2D eigenvalue weighted by atomic mass is 32.2. The fourth-order valence-electron chi connectivity index (χ4n) is 2.32. The van der Waals surface area contributed by atoms with Crippen LogP contribution < -0.4 is 0 Å². The molecule has 0 amide bonds. The molecule has 0 bridgehead atoms. The van der Waals surface area contributed by atoms with Gasteiger partial charge in [0.05, 0.1) is 11.8 Å². The van der Waals surface area contributed by atoms with Crippen molar-refractivity contribution in [3.05, 3.63) is 0 Å². The van der Waals surface area contributed by atoms with Crippen LogP contribution in [0.25, 0.3) is 0 Å². The average Bonchev–Trinajstić information content (AvgIpc) is 2.34. The third-order valence-electron chi connectivity index (χ3n) is 3.48. The second-order valence-electron chi connectivity index (χ2n) is 5.13. The van der Waals surface area contributed by atoms with Gasteiger partial charge in [-0.1, -0.05) is 0 Å². The van der Waals surface area contributed by atoms with Crippen LogP contribution >= 0.6 is 0 Å². The number of ether oxygens (including phenoxy) is 1. The maximum absolute atomic E-state index is 13.0. The fourth-order valence-corrected chi connectivity index (χ4v) is 2.58. The highest BCUT2D eigenvalue weighted by Gasteiger charge is 2.59. The molecule has 0 spiro atoms. The van der Waals surface area contributed by atoms with Gasteiger partial charge in [-0.2, -0.15) is 43.5 Å². The van der Waals surface area contributed by atoms with Gasteiger partial charge in [0.15, 0.2) is 0 Å². The number of alkyl halides is 8. The Morgan fingerprint density at radius 1 is 0.917 bits per heavy atom. The Balaban J connectivity index is 2.94. The van der Waals surface area contributed by atoms with Crippen LogP contribution in [0.1, 0.15) is 19.3 Å². The summed E-state index contributed by atoms with van der Waals surface area (Å²) in [7, 11) is -6.24. The molecule has 1 rings (SSSR count). The van der Waals surface area contributed by atoms with Crippen molar-refractivity contribution in [1.82, 2.24) is 0 Å². The van der Waals surface area contributed by atoms with Crippen LogP contribution in [0, 0.1) is 11.8 Å². The Labute approximate surface area is 129 Å². The number of carbonyl (C=O) groups excluding carboxylic acids is 1. The van der Waals surface area contributed by atoms with Gasteiger partial charge in [0.25, 0.3) is 0 Å². The van der Waals surface area contributed by atoms with E-state index < -0.39 is 70.9 Å². The first kappa shape index (κ1) is 20.9. The lowest BCUT2D eigenvalue weighted by molar-refractivity contribution is -0.270. The molecule has 1 fully saturated rings. The molecule has 14 heteroatoms. The summed E-state index contributed by atoms with van der Waals surface area (Å²) in [5.41, 5.74) is 0. The van der Waals surface area contributed by atoms with Gasteiger partial charge in [-0.25, -0.2) is 4.79 Å². The minimum Gasteiger partial charge on any atom is -0.457 e. The van der Waals surface area contributed by atoms with Crippen molar-refractivity contribution < 1.29 is 57.6 Å². The first-order valence-corrected chi connectivity index (χ1v) is 7.61. The van der Waals surface area contributed by atoms with Crippen LogP contribution in [0.15, 0.2) is 0 Å². The second kappa shape index (κ2) is 6.28. The molecule has 0 radical (unpaired) electrons. The van der Waals surface area contributed by atoms with E-state index in [1.807, 2.05) is 0 Å². The minimum absolute atomic E-state index is 0.829. The number of halogens is 8. The topological polar surface area (TPSA) is 80.7 Å². The first-order chi connectivity index (χ1) is 10.5. The Bertz CT molecular complexity index is 581. The molecule has 5 nitrogen and oxygen atoms in total. The first-order valence-electron chi connectivity index (χ1n) is 6.17. The molecule has 0 aromatic rings. The van der Waals surface area contributed by atoms with Crippen molar-refractivity contribution in [2.24, 2.45) is 11.8 Å². The smallest absolute Gasteiger partial charge is 0.457 e. The molecular weight excluding hydrogens is 384 g/mol. The van der Waals surface area contributed by atoms with Crippen LogP contribution in [0.5, 0.6) is 0 Å². The Morgan fingerprint density at radius 2 is 1.38 bits per heavy atom. The van der Waals surface area contributed by atoms with Crippen molar-refractivity contribution in [2.45, 2.75) is 43.0 Å². The zero-order valence-electron chi connectivity index (χ0n) is 11.4. The van der Waals surface area contributed by atoms with E-state index in [0.29, 0.717) is 0 Å². The minimum atomic E-state index is -6.24. The number of rotatable bonds is 3. The van der Waals surface area contributed by atoms with Crippen LogP contribution in [0.3, 0.4) is 0 Å². The van der Waals surface area contributed by atoms with Crippen LogP contribution in [0.4, 0.5) is 35.1 Å². The Morgan fingerprint density at radius 3 is 1.75 bits per heavy atom. The molecule has 0 aliphatic heterocycles. The number of hydrogen-bond donors (Lipinski definition) is 1. The van der Waals surface area contributed by atoms with Crippen molar-refractivity contribution >= 4 is 16.1 Å². The van der Waals surface area contributed by atoms with Crippen molar-refractivity contribution in [2.75, 3.05) is 0 Å². The van der Waals surface area contributed by atoms with E-state index in [2.05, 4.69) is 4.74 Å². The third kappa shape index (κ3) is 4.46. The summed E-state index contributed by atoms with van der Waals surface area (Å²) in [5.74, 6) is -8.65. The lowest BCUT2D eigenvalue weighted by Crippen LogP contribution is -2.47. The average molecular weight is 394 g/mol. The van der Waals surface area contributed by atoms with E-state index in [9.17, 15) is 48.3 Å². The van der Waals surface area contributed by atoms with Crippen LogP contribution in [0.2, 0.25) is 0 Å². The van der Waals surface area contributed by atoms with E-state index in [1.54, 1.807) is 0 Å². The van der Waals surface area contributed by atoms with E-state index >= 15 is 0 Å². The van der Waals surface area contributed by atoms with E-state index in [0.717, 1.165) is 0 Å². The van der Waals surface area contributed by atoms with Crippen molar-refractivity contribution in [3.63, 3.8) is 0 Å². The van der Waals surface area contributed by atoms with E-state index in [4.69, 9.17) is 4.55 Å². The van der Waals surface area contributed by atoms with Gasteiger partial charge in [-0.15, -0.1) is 0 Å². The van der Waals surface area contributed by atoms with Gasteiger partial charge in [-0.3, -0.25) is 4.55 Å². The summed E-state index contributed by atoms with van der Waals surface area (Å²) >= 11 is 0. The van der Waals surface area contributed by atoms with E-state index in [1.165, 1.54) is 0 Å². The molecule has 1 aliphatic carbocycles. The SMILES string of the molecule is O=C(OC1CCC(C(F)(F)F)C(C(F)(F)F)C1)C(F)(F)S(=O)(=O)O. The normalized spacial score (nSPS) is 27.0. The molecule has 0 aromatic heterocycles. The summed E-state index contributed by atoms with van der Waals surface area (Å²) < 4.78 is 135. The summed E-state index contributed by atoms with van der Waals surface area (Å²) in [4.78, 5) is 11.0. The lowest BCUT2D eigenvalue weighted by Gasteiger charge is -2.37. The van der Waals surface area contributed by atoms with Gasteiger partial charge in [0.1, 0.15) is 6.10 Å². The fraction of sp³-hybridized carbons (Fsp3) is 0.900. The highest BCUT2D eigenvalue weighted by molar-refractivity contribution is 7.87. The number of carbonyl (C=O) groups is 1. The summed E-state index contributed by atoms with van der Waals surface area (Å²) in [5, 5.41) is -5.44. The zero-order valence-corrected chi connectivity index (χ0v) is 12.2. The Hall–Kier alpha value is -1.18. The van der Waals surface area contributed by atoms with Gasteiger partial charge in [0.2, 0.25) is 0 Å². The van der Waals surface area contributed by atoms with Crippen LogP contribution in [-0.4, -0.2) is 42.7 Å². The highest BCUT2D eigenvalue weighted by Crippen LogP contribution is 2.49. The molecule has 142 valence electrons. The molecule has 24 heavy (non-hydrogen) atoms. The number of esters is 1. The zero-order chi connectivity index (χ0) is 19.1.